The van der Waals surface area contributed by atoms with E-state index in [1.54, 1.807) is 53.1 Å². The molecule has 1 aromatic heterocycles. The predicted molar refractivity (Wildman–Crippen MR) is 130 cm³/mol. The summed E-state index contributed by atoms with van der Waals surface area (Å²) in [5.74, 6) is 0.0663. The minimum Gasteiger partial charge on any atom is -0.494 e. The van der Waals surface area contributed by atoms with E-state index < -0.39 is 11.6 Å². The van der Waals surface area contributed by atoms with Gasteiger partial charge in [-0.1, -0.05) is 36.4 Å². The Morgan fingerprint density at radius 1 is 1.28 bits per heavy atom. The van der Waals surface area contributed by atoms with Crippen LogP contribution < -0.4 is 10.1 Å². The maximum Gasteiger partial charge on any atom is 0.357 e. The van der Waals surface area contributed by atoms with Gasteiger partial charge in [0.2, 0.25) is 0 Å². The third-order valence-electron chi connectivity index (χ3n) is 3.89. The number of halogens is 1. The highest BCUT2D eigenvalue weighted by Crippen LogP contribution is 2.36. The van der Waals surface area contributed by atoms with E-state index in [4.69, 9.17) is 26.5 Å². The molecule has 0 radical (unpaired) electrons. The van der Waals surface area contributed by atoms with Crippen molar-refractivity contribution >= 4 is 34.6 Å². The molecule has 168 valence electrons. The molecule has 8 heteroatoms. The summed E-state index contributed by atoms with van der Waals surface area (Å²) in [6.45, 7) is 10.9. The number of ether oxygens (including phenoxy) is 2. The average Bonchev–Trinajstić information content (AvgIpc) is 2.70. The smallest absolute Gasteiger partial charge is 0.357 e. The quantitative estimate of drug-likeness (QED) is 0.386. The van der Waals surface area contributed by atoms with E-state index in [1.807, 2.05) is 18.2 Å². The third-order valence-corrected chi connectivity index (χ3v) is 4.00. The van der Waals surface area contributed by atoms with Crippen LogP contribution in [0.15, 0.2) is 65.6 Å². The molecular weight excluding hydrogens is 428 g/mol. The second kappa shape index (κ2) is 10.7. The summed E-state index contributed by atoms with van der Waals surface area (Å²) < 4.78 is 11.0. The Morgan fingerprint density at radius 3 is 2.53 bits per heavy atom. The molecule has 0 saturated carbocycles. The third kappa shape index (κ3) is 7.35. The Bertz CT molecular complexity index is 1070. The molecule has 2 rings (SSSR count). The molecule has 1 heterocycles. The van der Waals surface area contributed by atoms with Crippen LogP contribution in [0.1, 0.15) is 38.2 Å². The van der Waals surface area contributed by atoms with Gasteiger partial charge in [-0.25, -0.2) is 9.78 Å². The standard InChI is InChI=1S/C24H27ClN4O3/c1-15(2)27-14-17(12-21(25)26)29-19-9-7-8-18(22(19)31-6)16-10-11-20(28-13-16)23(30)32-24(3,4)5/h7-14,26,29H,1H2,2-6H3/b17-12+,26-21?,27-14+. The molecule has 0 spiro atoms. The number of anilines is 1. The molecule has 0 unspecified atom stereocenters. The Labute approximate surface area is 193 Å². The van der Waals surface area contributed by atoms with Gasteiger partial charge in [0.05, 0.1) is 24.7 Å². The number of nitrogens with one attached hydrogen (secondary N) is 2. The predicted octanol–water partition coefficient (Wildman–Crippen LogP) is 5.83. The van der Waals surface area contributed by atoms with Gasteiger partial charge in [-0.05, 0) is 45.9 Å². The Hall–Kier alpha value is -3.45. The van der Waals surface area contributed by atoms with E-state index in [1.165, 1.54) is 12.3 Å². The Kier molecular flexibility index (Phi) is 8.32. The van der Waals surface area contributed by atoms with Crippen LogP contribution in [0, 0.1) is 5.41 Å². The maximum atomic E-state index is 12.2. The number of esters is 1. The molecule has 0 saturated heterocycles. The fourth-order valence-electron chi connectivity index (χ4n) is 2.66. The van der Waals surface area contributed by atoms with Gasteiger partial charge in [-0.15, -0.1) is 0 Å². The Balaban J connectivity index is 2.39. The Morgan fingerprint density at radius 2 is 2.00 bits per heavy atom. The fraction of sp³-hybridized carbons (Fsp3) is 0.250. The van der Waals surface area contributed by atoms with Gasteiger partial charge in [-0.3, -0.25) is 10.4 Å². The van der Waals surface area contributed by atoms with Crippen LogP contribution in [-0.2, 0) is 4.74 Å². The lowest BCUT2D eigenvalue weighted by atomic mass is 10.0. The first-order valence-corrected chi connectivity index (χ1v) is 10.2. The molecule has 0 aliphatic rings. The van der Waals surface area contributed by atoms with Gasteiger partial charge >= 0.3 is 5.97 Å². The van der Waals surface area contributed by atoms with Gasteiger partial charge in [0.15, 0.2) is 0 Å². The molecule has 2 N–H and O–H groups in total. The van der Waals surface area contributed by atoms with Gasteiger partial charge < -0.3 is 14.8 Å². The van der Waals surface area contributed by atoms with E-state index >= 15 is 0 Å². The fourth-order valence-corrected chi connectivity index (χ4v) is 2.78. The molecule has 1 aromatic carbocycles. The number of nitrogens with zero attached hydrogens (tertiary/aromatic N) is 2. The molecule has 0 bridgehead atoms. The zero-order chi connectivity index (χ0) is 23.9. The summed E-state index contributed by atoms with van der Waals surface area (Å²) in [5, 5.41) is 10.6. The zero-order valence-electron chi connectivity index (χ0n) is 18.8. The van der Waals surface area contributed by atoms with Crippen molar-refractivity contribution in [3.63, 3.8) is 0 Å². The molecule has 0 aliphatic carbocycles. The number of methoxy groups -OCH3 is 1. The molecule has 7 nitrogen and oxygen atoms in total. The summed E-state index contributed by atoms with van der Waals surface area (Å²) in [4.78, 5) is 20.6. The normalized spacial score (nSPS) is 11.9. The molecule has 2 aromatic rings. The molecule has 0 amide bonds. The van der Waals surface area contributed by atoms with Gasteiger partial charge in [0.1, 0.15) is 22.2 Å². The second-order valence-corrected chi connectivity index (χ2v) is 8.29. The first kappa shape index (κ1) is 24.8. The summed E-state index contributed by atoms with van der Waals surface area (Å²) in [5.41, 5.74) is 2.87. The first-order valence-electron chi connectivity index (χ1n) is 9.79. The number of pyridine rings is 1. The minimum atomic E-state index is -0.599. The van der Waals surface area contributed by atoms with Crippen molar-refractivity contribution in [2.75, 3.05) is 12.4 Å². The zero-order valence-corrected chi connectivity index (χ0v) is 19.6. The topological polar surface area (TPSA) is 96.7 Å². The van der Waals surface area contributed by atoms with Crippen molar-refractivity contribution in [3.05, 3.63) is 66.3 Å². The number of aliphatic imine (C=N–C) groups is 1. The van der Waals surface area contributed by atoms with E-state index in [0.717, 1.165) is 11.1 Å². The van der Waals surface area contributed by atoms with Gasteiger partial charge in [-0.2, -0.15) is 0 Å². The highest BCUT2D eigenvalue weighted by Gasteiger charge is 2.19. The molecule has 0 aliphatic heterocycles. The molecule has 0 atom stereocenters. The van der Waals surface area contributed by atoms with Crippen molar-refractivity contribution in [1.82, 2.24) is 4.98 Å². The number of carbonyl (C=O) groups is 1. The first-order chi connectivity index (χ1) is 15.0. The number of rotatable bonds is 8. The second-order valence-electron chi connectivity index (χ2n) is 7.89. The number of carbonyl (C=O) groups excluding carboxylic acids is 1. The number of aromatic nitrogens is 1. The largest absolute Gasteiger partial charge is 0.494 e. The number of hydrogen-bond donors (Lipinski definition) is 2. The van der Waals surface area contributed by atoms with Crippen LogP contribution >= 0.6 is 11.6 Å². The van der Waals surface area contributed by atoms with Crippen molar-refractivity contribution in [2.45, 2.75) is 33.3 Å². The van der Waals surface area contributed by atoms with Crippen molar-refractivity contribution in [2.24, 2.45) is 4.99 Å². The summed E-state index contributed by atoms with van der Waals surface area (Å²) in [6.07, 6.45) is 4.55. The van der Waals surface area contributed by atoms with Crippen LogP contribution in [0.2, 0.25) is 0 Å². The van der Waals surface area contributed by atoms with Crippen molar-refractivity contribution in [1.29, 1.82) is 5.41 Å². The van der Waals surface area contributed by atoms with Crippen LogP contribution in [0.5, 0.6) is 5.75 Å². The number of allylic oxidation sites excluding steroid dienone is 3. The lowest BCUT2D eigenvalue weighted by molar-refractivity contribution is 0.00629. The summed E-state index contributed by atoms with van der Waals surface area (Å²) in [6, 6.07) is 8.94. The van der Waals surface area contributed by atoms with Crippen molar-refractivity contribution < 1.29 is 14.3 Å². The van der Waals surface area contributed by atoms with Gasteiger partial charge in [0, 0.05) is 23.0 Å². The van der Waals surface area contributed by atoms with Gasteiger partial charge in [0.25, 0.3) is 0 Å². The molecule has 32 heavy (non-hydrogen) atoms. The van der Waals surface area contributed by atoms with Crippen molar-refractivity contribution in [3.8, 4) is 16.9 Å². The highest BCUT2D eigenvalue weighted by atomic mass is 35.5. The SMILES string of the molecule is C=C(C)/N=C/C(=C\C(=N)Cl)Nc1cccc(-c2ccc(C(=O)OC(C)(C)C)nc2)c1OC. The number of para-hydroxylation sites is 1. The number of hydrogen-bond acceptors (Lipinski definition) is 7. The number of benzene rings is 1. The summed E-state index contributed by atoms with van der Waals surface area (Å²) in [7, 11) is 1.56. The lowest BCUT2D eigenvalue weighted by Crippen LogP contribution is -2.24. The van der Waals surface area contributed by atoms with Crippen LogP contribution in [0.3, 0.4) is 0 Å². The van der Waals surface area contributed by atoms with E-state index in [9.17, 15) is 4.79 Å². The lowest BCUT2D eigenvalue weighted by Gasteiger charge is -2.19. The van der Waals surface area contributed by atoms with E-state index in [2.05, 4.69) is 21.9 Å². The maximum absolute atomic E-state index is 12.2. The monoisotopic (exact) mass is 454 g/mol. The van der Waals surface area contributed by atoms with E-state index in [-0.39, 0.29) is 10.9 Å². The van der Waals surface area contributed by atoms with Crippen LogP contribution in [0.4, 0.5) is 5.69 Å². The van der Waals surface area contributed by atoms with E-state index in [0.29, 0.717) is 22.8 Å². The average molecular weight is 455 g/mol. The summed E-state index contributed by atoms with van der Waals surface area (Å²) >= 11 is 5.74. The molecular formula is C24H27ClN4O3. The highest BCUT2D eigenvalue weighted by molar-refractivity contribution is 6.67. The van der Waals surface area contributed by atoms with Crippen LogP contribution in [-0.4, -0.2) is 35.0 Å². The minimum absolute atomic E-state index is 0.155. The van der Waals surface area contributed by atoms with Crippen LogP contribution in [0.25, 0.3) is 11.1 Å². The molecule has 0 fully saturated rings.